The molecule has 0 unspecified atom stereocenters. The number of para-hydroxylation sites is 1. The van der Waals surface area contributed by atoms with Crippen LogP contribution < -0.4 is 11.1 Å². The molecule has 3 N–H and O–H groups in total. The number of anilines is 2. The van der Waals surface area contributed by atoms with E-state index in [1.165, 1.54) is 6.92 Å². The standard InChI is InChI=1S/C11H11N5O2/c1-7(17)16-10(9(12)18)14-15-11(16)13-8-5-3-2-4-6-8/h2-6H,1H3,(H2,12,18)(H,13,15). The fraction of sp³-hybridized carbons (Fsp3) is 0.0909. The van der Waals surface area contributed by atoms with Crippen LogP contribution in [0.15, 0.2) is 30.3 Å². The first-order valence-electron chi connectivity index (χ1n) is 5.18. The molecule has 1 amide bonds. The number of nitrogens with two attached hydrogens (primary N) is 1. The van der Waals surface area contributed by atoms with Crippen LogP contribution in [0.25, 0.3) is 0 Å². The maximum absolute atomic E-state index is 11.5. The Bertz CT molecular complexity index is 591. The summed E-state index contributed by atoms with van der Waals surface area (Å²) in [5, 5.41) is 10.2. The van der Waals surface area contributed by atoms with Crippen LogP contribution in [0.2, 0.25) is 0 Å². The van der Waals surface area contributed by atoms with Crippen molar-refractivity contribution in [3.63, 3.8) is 0 Å². The third-order valence-electron chi connectivity index (χ3n) is 2.23. The normalized spacial score (nSPS) is 10.1. The number of primary amides is 1. The van der Waals surface area contributed by atoms with Crippen LogP contribution >= 0.6 is 0 Å². The molecule has 2 rings (SSSR count). The number of carbonyl (C=O) groups is 2. The Hall–Kier alpha value is -2.70. The lowest BCUT2D eigenvalue weighted by Crippen LogP contribution is -2.22. The molecule has 0 radical (unpaired) electrons. The van der Waals surface area contributed by atoms with Crippen LogP contribution in [0.4, 0.5) is 11.6 Å². The smallest absolute Gasteiger partial charge is 0.287 e. The summed E-state index contributed by atoms with van der Waals surface area (Å²) >= 11 is 0. The van der Waals surface area contributed by atoms with Gasteiger partial charge in [-0.05, 0) is 12.1 Å². The number of hydrogen-bond acceptors (Lipinski definition) is 5. The average Bonchev–Trinajstić information content (AvgIpc) is 2.74. The van der Waals surface area contributed by atoms with Crippen molar-refractivity contribution < 1.29 is 9.59 Å². The van der Waals surface area contributed by atoms with E-state index in [9.17, 15) is 9.59 Å². The average molecular weight is 245 g/mol. The lowest BCUT2D eigenvalue weighted by molar-refractivity contribution is 0.0904. The van der Waals surface area contributed by atoms with Gasteiger partial charge in [0.25, 0.3) is 5.91 Å². The summed E-state index contributed by atoms with van der Waals surface area (Å²) < 4.78 is 1.04. The topological polar surface area (TPSA) is 103 Å². The van der Waals surface area contributed by atoms with Gasteiger partial charge >= 0.3 is 0 Å². The van der Waals surface area contributed by atoms with Crippen LogP contribution in [0, 0.1) is 0 Å². The minimum absolute atomic E-state index is 0.155. The van der Waals surface area contributed by atoms with Gasteiger partial charge in [-0.25, -0.2) is 4.57 Å². The van der Waals surface area contributed by atoms with Crippen molar-refractivity contribution in [2.24, 2.45) is 5.73 Å². The monoisotopic (exact) mass is 245 g/mol. The molecule has 18 heavy (non-hydrogen) atoms. The molecular formula is C11H11N5O2. The van der Waals surface area contributed by atoms with Crippen LogP contribution in [0.1, 0.15) is 22.3 Å². The lowest BCUT2D eigenvalue weighted by atomic mass is 10.3. The summed E-state index contributed by atoms with van der Waals surface area (Å²) in [5.74, 6) is -1.24. The van der Waals surface area contributed by atoms with E-state index in [0.717, 1.165) is 10.3 Å². The van der Waals surface area contributed by atoms with Crippen LogP contribution in [0.3, 0.4) is 0 Å². The van der Waals surface area contributed by atoms with Gasteiger partial charge < -0.3 is 11.1 Å². The van der Waals surface area contributed by atoms with Gasteiger partial charge in [0.15, 0.2) is 0 Å². The van der Waals surface area contributed by atoms with Crippen molar-refractivity contribution in [1.82, 2.24) is 14.8 Å². The van der Waals surface area contributed by atoms with Crippen molar-refractivity contribution >= 4 is 23.5 Å². The first kappa shape index (κ1) is 11.8. The predicted molar refractivity (Wildman–Crippen MR) is 64.6 cm³/mol. The Morgan fingerprint density at radius 3 is 2.44 bits per heavy atom. The number of nitrogens with zero attached hydrogens (tertiary/aromatic N) is 3. The highest BCUT2D eigenvalue weighted by Gasteiger charge is 2.19. The second-order valence-electron chi connectivity index (χ2n) is 3.56. The summed E-state index contributed by atoms with van der Waals surface area (Å²) in [6.07, 6.45) is 0. The summed E-state index contributed by atoms with van der Waals surface area (Å²) in [4.78, 5) is 22.6. The van der Waals surface area contributed by atoms with Gasteiger partial charge in [0.2, 0.25) is 17.7 Å². The maximum Gasteiger partial charge on any atom is 0.287 e. The largest absolute Gasteiger partial charge is 0.363 e. The molecular weight excluding hydrogens is 234 g/mol. The molecule has 0 saturated carbocycles. The number of aromatic nitrogens is 3. The Balaban J connectivity index is 2.40. The van der Waals surface area contributed by atoms with Gasteiger partial charge in [0.05, 0.1) is 0 Å². The van der Waals surface area contributed by atoms with Crippen molar-refractivity contribution in [1.29, 1.82) is 0 Å². The fourth-order valence-corrected chi connectivity index (χ4v) is 1.47. The number of amides is 1. The van der Waals surface area contributed by atoms with Gasteiger partial charge in [0.1, 0.15) is 0 Å². The molecule has 0 atom stereocenters. The Labute approximate surface area is 103 Å². The van der Waals surface area contributed by atoms with E-state index in [0.29, 0.717) is 0 Å². The first-order chi connectivity index (χ1) is 8.59. The molecule has 92 valence electrons. The van der Waals surface area contributed by atoms with Gasteiger partial charge in [-0.1, -0.05) is 18.2 Å². The highest BCUT2D eigenvalue weighted by molar-refractivity contribution is 5.95. The molecule has 0 saturated heterocycles. The minimum Gasteiger partial charge on any atom is -0.363 e. The molecule has 0 spiro atoms. The van der Waals surface area contributed by atoms with Gasteiger partial charge in [0, 0.05) is 12.6 Å². The molecule has 0 aliphatic heterocycles. The number of rotatable bonds is 3. The number of carbonyl (C=O) groups excluding carboxylic acids is 2. The lowest BCUT2D eigenvalue weighted by Gasteiger charge is -2.06. The maximum atomic E-state index is 11.5. The summed E-state index contributed by atoms with van der Waals surface area (Å²) in [6.45, 7) is 1.30. The predicted octanol–water partition coefficient (Wildman–Crippen LogP) is 0.781. The van der Waals surface area contributed by atoms with Gasteiger partial charge in [-0.15, -0.1) is 10.2 Å². The molecule has 2 aromatic rings. The van der Waals surface area contributed by atoms with Crippen molar-refractivity contribution in [2.75, 3.05) is 5.32 Å². The zero-order valence-electron chi connectivity index (χ0n) is 9.62. The van der Waals surface area contributed by atoms with Crippen LogP contribution in [-0.2, 0) is 0 Å². The van der Waals surface area contributed by atoms with Crippen molar-refractivity contribution in [2.45, 2.75) is 6.92 Å². The quantitative estimate of drug-likeness (QED) is 0.831. The molecule has 0 fully saturated rings. The Kier molecular flexibility index (Phi) is 3.05. The SMILES string of the molecule is CC(=O)n1c(Nc2ccccc2)nnc1C(N)=O. The number of hydrogen-bond donors (Lipinski definition) is 2. The number of benzene rings is 1. The van der Waals surface area contributed by atoms with Crippen LogP contribution in [-0.4, -0.2) is 26.6 Å². The third kappa shape index (κ3) is 2.19. The zero-order valence-corrected chi connectivity index (χ0v) is 9.62. The Morgan fingerprint density at radius 2 is 1.89 bits per heavy atom. The zero-order chi connectivity index (χ0) is 13.1. The summed E-state index contributed by atoms with van der Waals surface area (Å²) in [5.41, 5.74) is 5.84. The third-order valence-corrected chi connectivity index (χ3v) is 2.23. The molecule has 0 aliphatic rings. The Morgan fingerprint density at radius 1 is 1.22 bits per heavy atom. The second-order valence-corrected chi connectivity index (χ2v) is 3.56. The van der Waals surface area contributed by atoms with E-state index in [4.69, 9.17) is 5.73 Å². The molecule has 1 aromatic heterocycles. The van der Waals surface area contributed by atoms with Crippen molar-refractivity contribution in [3.8, 4) is 0 Å². The van der Waals surface area contributed by atoms with E-state index < -0.39 is 11.8 Å². The van der Waals surface area contributed by atoms with E-state index in [1.54, 1.807) is 12.1 Å². The van der Waals surface area contributed by atoms with E-state index in [-0.39, 0.29) is 11.8 Å². The molecule has 1 aromatic carbocycles. The van der Waals surface area contributed by atoms with Gasteiger partial charge in [-0.2, -0.15) is 0 Å². The summed E-state index contributed by atoms with van der Waals surface area (Å²) in [7, 11) is 0. The molecule has 0 bridgehead atoms. The number of nitrogens with one attached hydrogen (secondary N) is 1. The van der Waals surface area contributed by atoms with E-state index in [2.05, 4.69) is 15.5 Å². The van der Waals surface area contributed by atoms with Crippen molar-refractivity contribution in [3.05, 3.63) is 36.2 Å². The molecule has 1 heterocycles. The molecule has 0 aliphatic carbocycles. The van der Waals surface area contributed by atoms with E-state index in [1.807, 2.05) is 18.2 Å². The molecule has 7 heteroatoms. The first-order valence-corrected chi connectivity index (χ1v) is 5.18. The second kappa shape index (κ2) is 4.66. The molecule has 7 nitrogen and oxygen atoms in total. The fourth-order valence-electron chi connectivity index (χ4n) is 1.47. The van der Waals surface area contributed by atoms with Crippen LogP contribution in [0.5, 0.6) is 0 Å². The highest BCUT2D eigenvalue weighted by atomic mass is 16.2. The highest BCUT2D eigenvalue weighted by Crippen LogP contribution is 2.15. The van der Waals surface area contributed by atoms with E-state index >= 15 is 0 Å². The summed E-state index contributed by atoms with van der Waals surface area (Å²) in [6, 6.07) is 9.10. The minimum atomic E-state index is -0.807. The van der Waals surface area contributed by atoms with Gasteiger partial charge in [-0.3, -0.25) is 9.59 Å².